The highest BCUT2D eigenvalue weighted by Gasteiger charge is 2.17. The van der Waals surface area contributed by atoms with Crippen LogP contribution in [-0.2, 0) is 25.4 Å². The molecule has 3 heterocycles. The van der Waals surface area contributed by atoms with Crippen molar-refractivity contribution in [3.8, 4) is 0 Å². The highest BCUT2D eigenvalue weighted by Crippen LogP contribution is 2.29. The number of nitrogens with one attached hydrogen (secondary N) is 1. The van der Waals surface area contributed by atoms with Crippen LogP contribution in [0.1, 0.15) is 11.1 Å². The molecule has 0 unspecified atom stereocenters. The first-order valence-corrected chi connectivity index (χ1v) is 9.36. The lowest BCUT2D eigenvalue weighted by atomic mass is 10.1. The van der Waals surface area contributed by atoms with Crippen LogP contribution < -0.4 is 16.6 Å². The number of hydrogen-bond donors (Lipinski definition) is 1. The fraction of sp³-hybridized carbons (Fsp3) is 0.278. The lowest BCUT2D eigenvalue weighted by molar-refractivity contribution is -0.116. The van der Waals surface area contributed by atoms with E-state index in [9.17, 15) is 14.4 Å². The number of carbonyl (C=O) groups excluding carboxylic acids is 1. The van der Waals surface area contributed by atoms with Gasteiger partial charge in [0.25, 0.3) is 5.56 Å². The molecule has 144 valence electrons. The second-order valence-electron chi connectivity index (χ2n) is 6.75. The summed E-state index contributed by atoms with van der Waals surface area (Å²) in [7, 11) is 2.93. The van der Waals surface area contributed by atoms with Crippen LogP contribution in [0.15, 0.2) is 28.0 Å². The Hall–Kier alpha value is -3.27. The number of carbonyl (C=O) groups is 1. The SMILES string of the molecule is Cc1cc(C)c2nc(NC(=O)Cn3cnc4c3c(=O)n(C)c(=O)n4C)sc2c1. The van der Waals surface area contributed by atoms with Crippen molar-refractivity contribution in [3.63, 3.8) is 0 Å². The third-order valence-corrected chi connectivity index (χ3v) is 5.53. The number of aryl methyl sites for hydroxylation is 3. The number of rotatable bonds is 3. The minimum Gasteiger partial charge on any atom is -0.315 e. The monoisotopic (exact) mass is 398 g/mol. The zero-order valence-electron chi connectivity index (χ0n) is 15.8. The van der Waals surface area contributed by atoms with Crippen molar-refractivity contribution in [3.05, 3.63) is 50.4 Å². The van der Waals surface area contributed by atoms with Gasteiger partial charge >= 0.3 is 5.69 Å². The first-order chi connectivity index (χ1) is 13.3. The first kappa shape index (κ1) is 18.1. The van der Waals surface area contributed by atoms with Crippen LogP contribution >= 0.6 is 11.3 Å². The minimum atomic E-state index is -0.491. The van der Waals surface area contributed by atoms with E-state index in [2.05, 4.69) is 15.3 Å². The number of amides is 1. The van der Waals surface area contributed by atoms with Gasteiger partial charge in [-0.2, -0.15) is 0 Å². The Kier molecular flexibility index (Phi) is 4.15. The summed E-state index contributed by atoms with van der Waals surface area (Å²) in [6.45, 7) is 3.89. The van der Waals surface area contributed by atoms with E-state index in [0.717, 1.165) is 25.9 Å². The van der Waals surface area contributed by atoms with Crippen molar-refractivity contribution in [2.75, 3.05) is 5.32 Å². The Morgan fingerprint density at radius 1 is 1.18 bits per heavy atom. The third-order valence-electron chi connectivity index (χ3n) is 4.61. The molecule has 4 aromatic rings. The van der Waals surface area contributed by atoms with Crippen molar-refractivity contribution >= 4 is 43.8 Å². The molecule has 1 amide bonds. The summed E-state index contributed by atoms with van der Waals surface area (Å²) in [5.41, 5.74) is 2.54. The Morgan fingerprint density at radius 3 is 2.68 bits per heavy atom. The van der Waals surface area contributed by atoms with Gasteiger partial charge in [-0.05, 0) is 31.0 Å². The Labute approximate surface area is 162 Å². The van der Waals surface area contributed by atoms with E-state index in [0.29, 0.717) is 5.13 Å². The molecule has 0 radical (unpaired) electrons. The summed E-state index contributed by atoms with van der Waals surface area (Å²) in [5.74, 6) is -0.330. The van der Waals surface area contributed by atoms with E-state index < -0.39 is 11.2 Å². The number of anilines is 1. The van der Waals surface area contributed by atoms with Crippen molar-refractivity contribution in [1.29, 1.82) is 0 Å². The quantitative estimate of drug-likeness (QED) is 0.560. The molecule has 0 aliphatic carbocycles. The number of aromatic nitrogens is 5. The minimum absolute atomic E-state index is 0.113. The molecule has 9 nitrogen and oxygen atoms in total. The van der Waals surface area contributed by atoms with Crippen LogP contribution in [0.3, 0.4) is 0 Å². The van der Waals surface area contributed by atoms with E-state index in [1.165, 1.54) is 40.9 Å². The third kappa shape index (κ3) is 2.82. The maximum Gasteiger partial charge on any atom is 0.332 e. The van der Waals surface area contributed by atoms with Gasteiger partial charge in [0.15, 0.2) is 16.3 Å². The number of fused-ring (bicyclic) bond motifs is 2. The van der Waals surface area contributed by atoms with Crippen LogP contribution in [0, 0.1) is 13.8 Å². The number of nitrogens with zero attached hydrogens (tertiary/aromatic N) is 5. The highest BCUT2D eigenvalue weighted by atomic mass is 32.1. The van der Waals surface area contributed by atoms with E-state index in [4.69, 9.17) is 0 Å². The molecule has 0 bridgehead atoms. The van der Waals surface area contributed by atoms with Gasteiger partial charge in [0.05, 0.1) is 16.5 Å². The fourth-order valence-electron chi connectivity index (χ4n) is 3.25. The molecule has 0 aliphatic rings. The van der Waals surface area contributed by atoms with Crippen LogP contribution in [0.25, 0.3) is 21.4 Å². The zero-order valence-corrected chi connectivity index (χ0v) is 16.6. The number of hydrogen-bond acceptors (Lipinski definition) is 6. The van der Waals surface area contributed by atoms with E-state index in [-0.39, 0.29) is 23.6 Å². The topological polar surface area (TPSA) is 104 Å². The summed E-state index contributed by atoms with van der Waals surface area (Å²) in [6.07, 6.45) is 1.39. The van der Waals surface area contributed by atoms with Crippen molar-refractivity contribution in [1.82, 2.24) is 23.7 Å². The summed E-state index contributed by atoms with van der Waals surface area (Å²) >= 11 is 1.40. The molecular weight excluding hydrogens is 380 g/mol. The maximum atomic E-state index is 12.5. The molecule has 3 aromatic heterocycles. The highest BCUT2D eigenvalue weighted by molar-refractivity contribution is 7.22. The standard InChI is InChI=1S/C18H18N6O3S/c1-9-5-10(2)13-11(6-9)28-17(21-13)20-12(25)7-24-8-19-15-14(24)16(26)23(4)18(27)22(15)3/h5-6,8H,7H2,1-4H3,(H,20,21,25). The molecule has 4 rings (SSSR count). The van der Waals surface area contributed by atoms with Crippen LogP contribution in [0.4, 0.5) is 5.13 Å². The predicted octanol–water partition coefficient (Wildman–Crippen LogP) is 1.30. The molecule has 0 aliphatic heterocycles. The van der Waals surface area contributed by atoms with Gasteiger partial charge in [0.1, 0.15) is 6.54 Å². The average Bonchev–Trinajstić information content (AvgIpc) is 3.22. The predicted molar refractivity (Wildman–Crippen MR) is 108 cm³/mol. The van der Waals surface area contributed by atoms with Gasteiger partial charge in [0.2, 0.25) is 5.91 Å². The zero-order chi connectivity index (χ0) is 20.2. The first-order valence-electron chi connectivity index (χ1n) is 8.54. The molecule has 0 spiro atoms. The molecule has 1 aromatic carbocycles. The van der Waals surface area contributed by atoms with Crippen LogP contribution in [0.5, 0.6) is 0 Å². The number of benzene rings is 1. The van der Waals surface area contributed by atoms with Crippen LogP contribution in [-0.4, -0.2) is 29.6 Å². The second-order valence-corrected chi connectivity index (χ2v) is 7.78. The van der Waals surface area contributed by atoms with E-state index in [1.807, 2.05) is 26.0 Å². The molecule has 28 heavy (non-hydrogen) atoms. The Balaban J connectivity index is 1.65. The van der Waals surface area contributed by atoms with Gasteiger partial charge in [-0.25, -0.2) is 14.8 Å². The van der Waals surface area contributed by atoms with Gasteiger partial charge in [-0.3, -0.25) is 18.7 Å². The molecular formula is C18H18N6O3S. The smallest absolute Gasteiger partial charge is 0.315 e. The van der Waals surface area contributed by atoms with Gasteiger partial charge < -0.3 is 9.88 Å². The summed E-state index contributed by atoms with van der Waals surface area (Å²) < 4.78 is 4.72. The average molecular weight is 398 g/mol. The lowest BCUT2D eigenvalue weighted by Gasteiger charge is -2.06. The van der Waals surface area contributed by atoms with Gasteiger partial charge in [-0.15, -0.1) is 0 Å². The Morgan fingerprint density at radius 2 is 1.93 bits per heavy atom. The molecule has 10 heteroatoms. The Bertz CT molecular complexity index is 1370. The van der Waals surface area contributed by atoms with E-state index >= 15 is 0 Å². The van der Waals surface area contributed by atoms with Crippen molar-refractivity contribution in [2.24, 2.45) is 14.1 Å². The lowest BCUT2D eigenvalue weighted by Crippen LogP contribution is -2.37. The second kappa shape index (κ2) is 6.41. The summed E-state index contributed by atoms with van der Waals surface area (Å²) in [6, 6.07) is 4.08. The molecule has 0 saturated heterocycles. The van der Waals surface area contributed by atoms with Crippen molar-refractivity contribution in [2.45, 2.75) is 20.4 Å². The van der Waals surface area contributed by atoms with Gasteiger partial charge in [0, 0.05) is 14.1 Å². The van der Waals surface area contributed by atoms with Crippen molar-refractivity contribution < 1.29 is 4.79 Å². The molecule has 1 N–H and O–H groups in total. The summed E-state index contributed by atoms with van der Waals surface area (Å²) in [4.78, 5) is 45.6. The maximum absolute atomic E-state index is 12.5. The number of imidazole rings is 1. The molecule has 0 fully saturated rings. The van der Waals surface area contributed by atoms with E-state index in [1.54, 1.807) is 0 Å². The fourth-order valence-corrected chi connectivity index (χ4v) is 4.31. The molecule has 0 atom stereocenters. The number of thiazole rings is 1. The van der Waals surface area contributed by atoms with Crippen LogP contribution in [0.2, 0.25) is 0 Å². The molecule has 0 saturated carbocycles. The summed E-state index contributed by atoms with van der Waals surface area (Å²) in [5, 5.41) is 3.28. The normalized spacial score (nSPS) is 11.4. The van der Waals surface area contributed by atoms with Gasteiger partial charge in [-0.1, -0.05) is 17.4 Å². The largest absolute Gasteiger partial charge is 0.332 e.